The van der Waals surface area contributed by atoms with E-state index in [4.69, 9.17) is 13.0 Å². The van der Waals surface area contributed by atoms with Gasteiger partial charge < -0.3 is 13.0 Å². The lowest BCUT2D eigenvalue weighted by molar-refractivity contribution is 0.120. The van der Waals surface area contributed by atoms with Crippen molar-refractivity contribution in [3.63, 3.8) is 0 Å². The van der Waals surface area contributed by atoms with Crippen LogP contribution in [0, 0.1) is 5.92 Å². The highest BCUT2D eigenvalue weighted by Gasteiger charge is 2.38. The zero-order chi connectivity index (χ0) is 15.3. The van der Waals surface area contributed by atoms with E-state index in [-0.39, 0.29) is 0 Å². The second kappa shape index (κ2) is 7.51. The summed E-state index contributed by atoms with van der Waals surface area (Å²) in [6.07, 6.45) is 0. The number of ether oxygens (including phenoxy) is 1. The molecule has 1 unspecified atom stereocenters. The van der Waals surface area contributed by atoms with Gasteiger partial charge in [-0.1, -0.05) is 6.92 Å². The average molecular weight is 323 g/mol. The highest BCUT2D eigenvalue weighted by molar-refractivity contribution is 6.87. The molecule has 19 heavy (non-hydrogen) atoms. The molecule has 0 aliphatic rings. The van der Waals surface area contributed by atoms with E-state index >= 15 is 0 Å². The first-order valence-corrected chi connectivity index (χ1v) is 16.7. The molecule has 0 bridgehead atoms. The van der Waals surface area contributed by atoms with Crippen LogP contribution in [0.2, 0.25) is 51.9 Å². The third-order valence-electron chi connectivity index (χ3n) is 2.52. The molecule has 0 spiro atoms. The van der Waals surface area contributed by atoms with Gasteiger partial charge in [0.05, 0.1) is 0 Å². The molecule has 1 atom stereocenters. The molecule has 116 valence electrons. The van der Waals surface area contributed by atoms with Crippen LogP contribution in [-0.4, -0.2) is 38.4 Å². The topological polar surface area (TPSA) is 27.7 Å². The lowest BCUT2D eigenvalue weighted by Crippen LogP contribution is -2.51. The summed E-state index contributed by atoms with van der Waals surface area (Å²) in [5.74, 6) is 0.568. The highest BCUT2D eigenvalue weighted by atomic mass is 28.5. The van der Waals surface area contributed by atoms with Crippen LogP contribution >= 0.6 is 0 Å². The summed E-state index contributed by atoms with van der Waals surface area (Å²) < 4.78 is 18.3. The summed E-state index contributed by atoms with van der Waals surface area (Å²) >= 11 is 0. The van der Waals surface area contributed by atoms with Gasteiger partial charge in [-0.15, -0.1) is 0 Å². The molecular formula is C13H34O3Si3. The van der Waals surface area contributed by atoms with Crippen molar-refractivity contribution in [2.45, 2.75) is 65.7 Å². The van der Waals surface area contributed by atoms with Gasteiger partial charge >= 0.3 is 8.56 Å². The van der Waals surface area contributed by atoms with E-state index in [1.807, 2.05) is 6.92 Å². The molecule has 0 rings (SSSR count). The molecule has 0 saturated heterocycles. The van der Waals surface area contributed by atoms with E-state index in [0.717, 1.165) is 19.3 Å². The van der Waals surface area contributed by atoms with E-state index in [9.17, 15) is 0 Å². The molecule has 6 heteroatoms. The first kappa shape index (κ1) is 19.5. The van der Waals surface area contributed by atoms with E-state index in [1.54, 1.807) is 0 Å². The zero-order valence-electron chi connectivity index (χ0n) is 14.4. The third kappa shape index (κ3) is 10.9. The monoisotopic (exact) mass is 322 g/mol. The molecule has 0 aromatic rings. The minimum atomic E-state index is -1.99. The van der Waals surface area contributed by atoms with Gasteiger partial charge in [0.1, 0.15) is 0 Å². The Balaban J connectivity index is 4.41. The predicted octanol–water partition coefficient (Wildman–Crippen LogP) is 4.43. The molecule has 0 radical (unpaired) electrons. The minimum absolute atomic E-state index is 0.568. The summed E-state index contributed by atoms with van der Waals surface area (Å²) in [7, 11) is -5.18. The second-order valence-corrected chi connectivity index (χ2v) is 20.0. The van der Waals surface area contributed by atoms with Gasteiger partial charge in [0.2, 0.25) is 0 Å². The molecule has 0 aromatic heterocycles. The highest BCUT2D eigenvalue weighted by Crippen LogP contribution is 2.25. The SMILES string of the molecule is CCOCC(C)C[Si](C)(C)O[Si](C)(C)O[Si](C)(C)C. The number of hydrogen-bond acceptors (Lipinski definition) is 3. The van der Waals surface area contributed by atoms with E-state index < -0.39 is 25.2 Å². The molecule has 0 heterocycles. The molecule has 0 N–H and O–H groups in total. The molecule has 0 aliphatic carbocycles. The van der Waals surface area contributed by atoms with Crippen molar-refractivity contribution in [3.8, 4) is 0 Å². The van der Waals surface area contributed by atoms with Crippen LogP contribution in [0.4, 0.5) is 0 Å². The van der Waals surface area contributed by atoms with Gasteiger partial charge in [0.15, 0.2) is 16.6 Å². The normalized spacial score (nSPS) is 15.6. The predicted molar refractivity (Wildman–Crippen MR) is 90.9 cm³/mol. The van der Waals surface area contributed by atoms with Crippen molar-refractivity contribution in [2.24, 2.45) is 5.92 Å². The van der Waals surface area contributed by atoms with Gasteiger partial charge in [-0.25, -0.2) is 0 Å². The van der Waals surface area contributed by atoms with E-state index in [0.29, 0.717) is 5.92 Å². The standard InChI is InChI=1S/C13H34O3Si3/c1-10-14-11-13(2)12-18(6,7)16-19(8,9)15-17(3,4)5/h13H,10-12H2,1-9H3. The van der Waals surface area contributed by atoms with Crippen LogP contribution in [0.1, 0.15) is 13.8 Å². The summed E-state index contributed by atoms with van der Waals surface area (Å²) in [5.41, 5.74) is 0. The first-order valence-electron chi connectivity index (χ1n) is 7.35. The molecular weight excluding hydrogens is 288 g/mol. The Hall–Kier alpha value is 0.531. The molecule has 0 aromatic carbocycles. The van der Waals surface area contributed by atoms with E-state index in [2.05, 4.69) is 52.8 Å². The van der Waals surface area contributed by atoms with Crippen molar-refractivity contribution in [3.05, 3.63) is 0 Å². The van der Waals surface area contributed by atoms with Gasteiger partial charge in [0, 0.05) is 13.2 Å². The average Bonchev–Trinajstić information content (AvgIpc) is 2.06. The van der Waals surface area contributed by atoms with Crippen LogP contribution in [0.3, 0.4) is 0 Å². The second-order valence-electron chi connectivity index (χ2n) is 7.44. The Kier molecular flexibility index (Phi) is 7.72. The summed E-state index contributed by atoms with van der Waals surface area (Å²) in [5, 5.41) is 0. The van der Waals surface area contributed by atoms with Gasteiger partial charge in [-0.3, -0.25) is 0 Å². The maximum absolute atomic E-state index is 6.49. The molecule has 0 amide bonds. The van der Waals surface area contributed by atoms with Gasteiger partial charge in [0.25, 0.3) is 0 Å². The van der Waals surface area contributed by atoms with Crippen LogP contribution in [-0.2, 0) is 13.0 Å². The van der Waals surface area contributed by atoms with Crippen molar-refractivity contribution in [1.29, 1.82) is 0 Å². The van der Waals surface area contributed by atoms with E-state index in [1.165, 1.54) is 0 Å². The van der Waals surface area contributed by atoms with Crippen LogP contribution in [0.25, 0.3) is 0 Å². The summed E-state index contributed by atoms with van der Waals surface area (Å²) in [4.78, 5) is 0. The zero-order valence-corrected chi connectivity index (χ0v) is 17.4. The van der Waals surface area contributed by atoms with Crippen LogP contribution in [0.5, 0.6) is 0 Å². The van der Waals surface area contributed by atoms with Gasteiger partial charge in [-0.05, 0) is 64.7 Å². The summed E-state index contributed by atoms with van der Waals surface area (Å²) in [6.45, 7) is 21.6. The molecule has 0 saturated carbocycles. The Bertz CT molecular complexity index is 262. The smallest absolute Gasteiger partial charge is 0.311 e. The molecule has 3 nitrogen and oxygen atoms in total. The van der Waals surface area contributed by atoms with Crippen molar-refractivity contribution < 1.29 is 13.0 Å². The fourth-order valence-electron chi connectivity index (χ4n) is 2.68. The largest absolute Gasteiger partial charge is 0.437 e. The fraction of sp³-hybridized carbons (Fsp3) is 1.00. The molecule has 0 fully saturated rings. The Morgan fingerprint density at radius 1 is 0.895 bits per heavy atom. The maximum atomic E-state index is 6.49. The lowest BCUT2D eigenvalue weighted by Gasteiger charge is -2.38. The minimum Gasteiger partial charge on any atom is -0.437 e. The Labute approximate surface area is 123 Å². The Morgan fingerprint density at radius 2 is 1.42 bits per heavy atom. The Morgan fingerprint density at radius 3 is 1.84 bits per heavy atom. The summed E-state index contributed by atoms with van der Waals surface area (Å²) in [6, 6.07) is 1.14. The van der Waals surface area contributed by atoms with Crippen LogP contribution in [0.15, 0.2) is 0 Å². The van der Waals surface area contributed by atoms with Crippen molar-refractivity contribution >= 4 is 25.2 Å². The van der Waals surface area contributed by atoms with Crippen LogP contribution < -0.4 is 0 Å². The number of rotatable bonds is 9. The molecule has 0 aliphatic heterocycles. The fourth-order valence-corrected chi connectivity index (χ4v) is 16.6. The first-order chi connectivity index (χ1) is 8.37. The maximum Gasteiger partial charge on any atom is 0.311 e. The quantitative estimate of drug-likeness (QED) is 0.588. The number of hydrogen-bond donors (Lipinski definition) is 0. The third-order valence-corrected chi connectivity index (χ3v) is 12.8. The lowest BCUT2D eigenvalue weighted by atomic mass is 10.2. The van der Waals surface area contributed by atoms with Gasteiger partial charge in [-0.2, -0.15) is 0 Å². The van der Waals surface area contributed by atoms with Crippen molar-refractivity contribution in [1.82, 2.24) is 0 Å². The van der Waals surface area contributed by atoms with Crippen molar-refractivity contribution in [2.75, 3.05) is 13.2 Å².